The minimum atomic E-state index is -4.20. The first-order chi connectivity index (χ1) is 16.4. The Morgan fingerprint density at radius 1 is 0.943 bits per heavy atom. The number of rotatable bonds is 13. The van der Waals surface area contributed by atoms with E-state index in [4.69, 9.17) is 5.73 Å². The summed E-state index contributed by atoms with van der Waals surface area (Å²) in [4.78, 5) is 24.9. The van der Waals surface area contributed by atoms with Gasteiger partial charge in [0, 0.05) is 6.04 Å². The van der Waals surface area contributed by atoms with E-state index in [9.17, 15) is 23.1 Å². The minimum absolute atomic E-state index is 0.0375. The van der Waals surface area contributed by atoms with Gasteiger partial charge in [-0.05, 0) is 68.7 Å². The number of carbonyl (C=O) groups is 2. The highest BCUT2D eigenvalue weighted by Crippen LogP contribution is 2.37. The minimum Gasteiger partial charge on any atom is -0.480 e. The van der Waals surface area contributed by atoms with Crippen LogP contribution in [0.4, 0.5) is 0 Å². The van der Waals surface area contributed by atoms with E-state index in [1.807, 2.05) is 0 Å². The standard InChI is InChI=1S/C25H48N4O5S/c1-25(2,3)19-12-14-20(15-13-19)27-23(30)22(17-18-9-5-4-6-10-18)29-35(33,34)28-21(24(31)32)11-7-8-16-26/h18-22,28-29H,4-17,26H2,1-3H3,(H,27,30)(H,31,32)/t19?,20?,21-,22-/m0/s1. The zero-order valence-electron chi connectivity index (χ0n) is 21.9. The fourth-order valence-electron chi connectivity index (χ4n) is 5.50. The Labute approximate surface area is 211 Å². The predicted octanol–water partition coefficient (Wildman–Crippen LogP) is 3.05. The molecule has 2 aliphatic carbocycles. The van der Waals surface area contributed by atoms with Gasteiger partial charge in [-0.3, -0.25) is 9.59 Å². The van der Waals surface area contributed by atoms with Gasteiger partial charge in [0.25, 0.3) is 10.2 Å². The van der Waals surface area contributed by atoms with Gasteiger partial charge in [-0.1, -0.05) is 59.3 Å². The fraction of sp³-hybridized carbons (Fsp3) is 0.920. The molecule has 0 radical (unpaired) electrons. The van der Waals surface area contributed by atoms with Crippen LogP contribution in [0, 0.1) is 17.3 Å². The molecule has 10 heteroatoms. The summed E-state index contributed by atoms with van der Waals surface area (Å²) in [5, 5.41) is 12.6. The lowest BCUT2D eigenvalue weighted by atomic mass is 9.71. The summed E-state index contributed by atoms with van der Waals surface area (Å²) in [5.74, 6) is -0.659. The van der Waals surface area contributed by atoms with Crippen LogP contribution in [0.3, 0.4) is 0 Å². The van der Waals surface area contributed by atoms with E-state index in [1.54, 1.807) is 0 Å². The van der Waals surface area contributed by atoms with Crippen molar-refractivity contribution in [3.05, 3.63) is 0 Å². The molecule has 0 aromatic heterocycles. The number of unbranched alkanes of at least 4 members (excludes halogenated alkanes) is 1. The highest BCUT2D eigenvalue weighted by Gasteiger charge is 2.34. The van der Waals surface area contributed by atoms with Crippen LogP contribution in [0.5, 0.6) is 0 Å². The quantitative estimate of drug-likeness (QED) is 0.237. The molecule has 6 N–H and O–H groups in total. The molecule has 0 aromatic carbocycles. The molecule has 2 rings (SSSR count). The monoisotopic (exact) mass is 516 g/mol. The second-order valence-corrected chi connectivity index (χ2v) is 13.1. The lowest BCUT2D eigenvalue weighted by Gasteiger charge is -2.37. The fourth-order valence-corrected chi connectivity index (χ4v) is 6.74. The predicted molar refractivity (Wildman–Crippen MR) is 138 cm³/mol. The normalized spacial score (nSPS) is 24.0. The maximum atomic E-state index is 13.3. The molecule has 0 heterocycles. The maximum absolute atomic E-state index is 13.3. The van der Waals surface area contributed by atoms with E-state index < -0.39 is 28.3 Å². The Kier molecular flexibility index (Phi) is 11.9. The first-order valence-electron chi connectivity index (χ1n) is 13.4. The zero-order valence-corrected chi connectivity index (χ0v) is 22.7. The van der Waals surface area contributed by atoms with Crippen molar-refractivity contribution in [3.8, 4) is 0 Å². The van der Waals surface area contributed by atoms with Crippen LogP contribution >= 0.6 is 0 Å². The van der Waals surface area contributed by atoms with Crippen LogP contribution in [0.25, 0.3) is 0 Å². The summed E-state index contributed by atoms with van der Waals surface area (Å²) in [5.41, 5.74) is 5.71. The van der Waals surface area contributed by atoms with Gasteiger partial charge in [-0.15, -0.1) is 0 Å². The summed E-state index contributed by atoms with van der Waals surface area (Å²) in [7, 11) is -4.20. The van der Waals surface area contributed by atoms with Crippen LogP contribution in [0.2, 0.25) is 0 Å². The molecule has 0 aromatic rings. The van der Waals surface area contributed by atoms with E-state index in [-0.39, 0.29) is 29.7 Å². The third kappa shape index (κ3) is 10.7. The van der Waals surface area contributed by atoms with Crippen molar-refractivity contribution in [2.75, 3.05) is 6.54 Å². The average Bonchev–Trinajstić information content (AvgIpc) is 2.78. The first kappa shape index (κ1) is 30.0. The Hall–Kier alpha value is -1.23. The van der Waals surface area contributed by atoms with Gasteiger partial charge in [0.1, 0.15) is 12.1 Å². The summed E-state index contributed by atoms with van der Waals surface area (Å²) in [6.45, 7) is 7.16. The Morgan fingerprint density at radius 3 is 2.09 bits per heavy atom. The van der Waals surface area contributed by atoms with Crippen LogP contribution in [-0.2, 0) is 19.8 Å². The number of hydrogen-bond acceptors (Lipinski definition) is 5. The van der Waals surface area contributed by atoms with Crippen molar-refractivity contribution in [2.24, 2.45) is 23.0 Å². The third-order valence-electron chi connectivity index (χ3n) is 7.75. The van der Waals surface area contributed by atoms with Gasteiger partial charge in [-0.25, -0.2) is 0 Å². The molecule has 2 fully saturated rings. The Bertz CT molecular complexity index is 769. The highest BCUT2D eigenvalue weighted by atomic mass is 32.2. The second kappa shape index (κ2) is 13.9. The summed E-state index contributed by atoms with van der Waals surface area (Å²) in [6.07, 6.45) is 10.8. The van der Waals surface area contributed by atoms with Gasteiger partial charge < -0.3 is 16.2 Å². The van der Waals surface area contributed by atoms with E-state index in [2.05, 4.69) is 35.5 Å². The van der Waals surface area contributed by atoms with Gasteiger partial charge in [0.15, 0.2) is 0 Å². The molecule has 2 saturated carbocycles. The number of nitrogens with two attached hydrogens (primary N) is 1. The maximum Gasteiger partial charge on any atom is 0.321 e. The van der Waals surface area contributed by atoms with Crippen molar-refractivity contribution in [1.82, 2.24) is 14.8 Å². The molecule has 35 heavy (non-hydrogen) atoms. The van der Waals surface area contributed by atoms with Gasteiger partial charge >= 0.3 is 5.97 Å². The van der Waals surface area contributed by atoms with Crippen LogP contribution in [0.1, 0.15) is 104 Å². The van der Waals surface area contributed by atoms with Crippen LogP contribution < -0.4 is 20.5 Å². The van der Waals surface area contributed by atoms with E-state index in [0.717, 1.165) is 51.4 Å². The number of carboxylic acid groups (broad SMARTS) is 1. The molecular formula is C25H48N4O5S. The number of carboxylic acids is 1. The molecular weight excluding hydrogens is 468 g/mol. The molecule has 0 spiro atoms. The Morgan fingerprint density at radius 2 is 1.54 bits per heavy atom. The van der Waals surface area contributed by atoms with Crippen molar-refractivity contribution in [2.45, 2.75) is 122 Å². The topological polar surface area (TPSA) is 151 Å². The molecule has 9 nitrogen and oxygen atoms in total. The summed E-state index contributed by atoms with van der Waals surface area (Å²) in [6, 6.07) is -2.14. The van der Waals surface area contributed by atoms with Gasteiger partial charge in [0.2, 0.25) is 5.91 Å². The van der Waals surface area contributed by atoms with Crippen molar-refractivity contribution < 1.29 is 23.1 Å². The number of hydrogen-bond donors (Lipinski definition) is 5. The van der Waals surface area contributed by atoms with Crippen molar-refractivity contribution >= 4 is 22.1 Å². The number of carbonyl (C=O) groups excluding carboxylic acids is 1. The van der Waals surface area contributed by atoms with Crippen LogP contribution in [-0.4, -0.2) is 50.1 Å². The molecule has 0 saturated heterocycles. The average molecular weight is 517 g/mol. The molecule has 204 valence electrons. The first-order valence-corrected chi connectivity index (χ1v) is 14.9. The van der Waals surface area contributed by atoms with Gasteiger partial charge in [-0.2, -0.15) is 17.9 Å². The highest BCUT2D eigenvalue weighted by molar-refractivity contribution is 7.87. The van der Waals surface area contributed by atoms with Crippen molar-refractivity contribution in [3.63, 3.8) is 0 Å². The smallest absolute Gasteiger partial charge is 0.321 e. The second-order valence-electron chi connectivity index (χ2n) is 11.6. The van der Waals surface area contributed by atoms with Gasteiger partial charge in [0.05, 0.1) is 0 Å². The SMILES string of the molecule is CC(C)(C)C1CCC(NC(=O)[C@H](CC2CCCCC2)NS(=O)(=O)N[C@@H](CCCCN)C(=O)O)CC1. The molecule has 0 bridgehead atoms. The van der Waals surface area contributed by atoms with E-state index in [0.29, 0.717) is 31.7 Å². The molecule has 0 aliphatic heterocycles. The third-order valence-corrected chi connectivity index (χ3v) is 8.94. The lowest BCUT2D eigenvalue weighted by Crippen LogP contribution is -2.55. The number of aliphatic carboxylic acids is 1. The summed E-state index contributed by atoms with van der Waals surface area (Å²) < 4.78 is 30.5. The van der Waals surface area contributed by atoms with Crippen molar-refractivity contribution in [1.29, 1.82) is 0 Å². The Balaban J connectivity index is 2.04. The summed E-state index contributed by atoms with van der Waals surface area (Å²) >= 11 is 0. The number of nitrogens with one attached hydrogen (secondary N) is 3. The zero-order chi connectivity index (χ0) is 26.1. The number of amides is 1. The van der Waals surface area contributed by atoms with E-state index >= 15 is 0 Å². The van der Waals surface area contributed by atoms with E-state index in [1.165, 1.54) is 6.42 Å². The lowest BCUT2D eigenvalue weighted by molar-refractivity contribution is -0.139. The molecule has 0 unspecified atom stereocenters. The molecule has 2 aliphatic rings. The molecule has 1 amide bonds. The van der Waals surface area contributed by atoms with Crippen LogP contribution in [0.15, 0.2) is 0 Å². The molecule has 2 atom stereocenters. The largest absolute Gasteiger partial charge is 0.480 e.